The van der Waals surface area contributed by atoms with Crippen LogP contribution in [-0.2, 0) is 10.0 Å². The first-order valence-electron chi connectivity index (χ1n) is 9.12. The van der Waals surface area contributed by atoms with Gasteiger partial charge >= 0.3 is 0 Å². The average Bonchev–Trinajstić information content (AvgIpc) is 2.75. The molecule has 0 aliphatic carbocycles. The second-order valence-electron chi connectivity index (χ2n) is 6.58. The highest BCUT2D eigenvalue weighted by Gasteiger charge is 2.20. The zero-order chi connectivity index (χ0) is 21.7. The van der Waals surface area contributed by atoms with E-state index in [1.807, 2.05) is 19.1 Å². The van der Waals surface area contributed by atoms with Crippen LogP contribution in [-0.4, -0.2) is 21.4 Å². The second-order valence-corrected chi connectivity index (χ2v) is 8.70. The molecular weight excluding hydrogens is 424 g/mol. The molecule has 0 radical (unpaired) electrons. The third kappa shape index (κ3) is 5.11. The molecule has 1 amide bonds. The lowest BCUT2D eigenvalue weighted by molar-refractivity contribution is 0.0941. The maximum absolute atomic E-state index is 12.9. The molecule has 2 N–H and O–H groups in total. The Bertz CT molecular complexity index is 1130. The number of ether oxygens (including phenoxy) is 1. The van der Waals surface area contributed by atoms with Crippen molar-refractivity contribution in [2.75, 3.05) is 11.8 Å². The van der Waals surface area contributed by atoms with Crippen molar-refractivity contribution in [2.45, 2.75) is 17.9 Å². The fraction of sp³-hybridized carbons (Fsp3) is 0.136. The van der Waals surface area contributed by atoms with Crippen molar-refractivity contribution in [2.24, 2.45) is 0 Å². The standard InChI is InChI=1S/C22H21ClN2O4S/c1-15(16-8-11-18(29-2)12-9-16)24-22(26)20-14-17(23)10-13-21(20)25-30(27,28)19-6-4-3-5-7-19/h3-15,25H,1-2H3,(H,24,26). The van der Waals surface area contributed by atoms with Crippen LogP contribution in [0.15, 0.2) is 77.7 Å². The highest BCUT2D eigenvalue weighted by molar-refractivity contribution is 7.92. The van der Waals surface area contributed by atoms with Crippen LogP contribution < -0.4 is 14.8 Å². The molecule has 0 aliphatic rings. The van der Waals surface area contributed by atoms with Crippen molar-refractivity contribution >= 4 is 33.2 Å². The monoisotopic (exact) mass is 444 g/mol. The van der Waals surface area contributed by atoms with E-state index < -0.39 is 15.9 Å². The van der Waals surface area contributed by atoms with Crippen molar-refractivity contribution in [3.63, 3.8) is 0 Å². The van der Waals surface area contributed by atoms with Gasteiger partial charge in [-0.1, -0.05) is 41.9 Å². The minimum absolute atomic E-state index is 0.0953. The quantitative estimate of drug-likeness (QED) is 0.556. The average molecular weight is 445 g/mol. The summed E-state index contributed by atoms with van der Waals surface area (Å²) in [6, 6.07) is 19.3. The molecular formula is C22H21ClN2O4S. The van der Waals surface area contributed by atoms with Gasteiger partial charge in [0.2, 0.25) is 0 Å². The van der Waals surface area contributed by atoms with Gasteiger partial charge in [0.25, 0.3) is 15.9 Å². The molecule has 0 bridgehead atoms. The van der Waals surface area contributed by atoms with Gasteiger partial charge in [-0.3, -0.25) is 9.52 Å². The van der Waals surface area contributed by atoms with Crippen LogP contribution >= 0.6 is 11.6 Å². The van der Waals surface area contributed by atoms with E-state index in [0.29, 0.717) is 10.8 Å². The summed E-state index contributed by atoms with van der Waals surface area (Å²) in [6.07, 6.45) is 0. The van der Waals surface area contributed by atoms with Crippen molar-refractivity contribution < 1.29 is 17.9 Å². The van der Waals surface area contributed by atoms with Crippen LogP contribution in [0.2, 0.25) is 5.02 Å². The van der Waals surface area contributed by atoms with Crippen LogP contribution in [0.25, 0.3) is 0 Å². The molecule has 3 rings (SSSR count). The van der Waals surface area contributed by atoms with Gasteiger partial charge in [-0.05, 0) is 55.0 Å². The number of hydrogen-bond acceptors (Lipinski definition) is 4. The van der Waals surface area contributed by atoms with E-state index in [2.05, 4.69) is 10.0 Å². The van der Waals surface area contributed by atoms with Crippen molar-refractivity contribution in [1.82, 2.24) is 5.32 Å². The summed E-state index contributed by atoms with van der Waals surface area (Å²) in [5.74, 6) is 0.260. The molecule has 3 aromatic rings. The molecule has 30 heavy (non-hydrogen) atoms. The summed E-state index contributed by atoms with van der Waals surface area (Å²) in [5.41, 5.74) is 1.14. The van der Waals surface area contributed by atoms with Gasteiger partial charge in [-0.2, -0.15) is 0 Å². The number of anilines is 1. The van der Waals surface area contributed by atoms with Crippen molar-refractivity contribution in [3.05, 3.63) is 88.9 Å². The first-order chi connectivity index (χ1) is 14.3. The van der Waals surface area contributed by atoms with E-state index in [4.69, 9.17) is 16.3 Å². The Morgan fingerprint density at radius 3 is 2.30 bits per heavy atom. The number of carbonyl (C=O) groups is 1. The lowest BCUT2D eigenvalue weighted by Crippen LogP contribution is -2.28. The lowest BCUT2D eigenvalue weighted by atomic mass is 10.1. The first kappa shape index (κ1) is 21.7. The molecule has 156 valence electrons. The molecule has 1 unspecified atom stereocenters. The Kier molecular flexibility index (Phi) is 6.64. The molecule has 1 atom stereocenters. The second kappa shape index (κ2) is 9.19. The van der Waals surface area contributed by atoms with E-state index in [-0.39, 0.29) is 22.2 Å². The first-order valence-corrected chi connectivity index (χ1v) is 11.0. The summed E-state index contributed by atoms with van der Waals surface area (Å²) in [7, 11) is -2.28. The summed E-state index contributed by atoms with van der Waals surface area (Å²) >= 11 is 6.06. The van der Waals surface area contributed by atoms with Gasteiger partial charge < -0.3 is 10.1 Å². The van der Waals surface area contributed by atoms with E-state index >= 15 is 0 Å². The Balaban J connectivity index is 1.84. The molecule has 0 spiro atoms. The third-order valence-corrected chi connectivity index (χ3v) is 6.10. The third-order valence-electron chi connectivity index (χ3n) is 4.49. The number of halogens is 1. The number of rotatable bonds is 7. The summed E-state index contributed by atoms with van der Waals surface area (Å²) < 4.78 is 33.0. The highest BCUT2D eigenvalue weighted by atomic mass is 35.5. The predicted octanol–water partition coefficient (Wildman–Crippen LogP) is 4.64. The fourth-order valence-electron chi connectivity index (χ4n) is 2.85. The predicted molar refractivity (Wildman–Crippen MR) is 118 cm³/mol. The van der Waals surface area contributed by atoms with Gasteiger partial charge in [-0.15, -0.1) is 0 Å². The van der Waals surface area contributed by atoms with E-state index in [9.17, 15) is 13.2 Å². The van der Waals surface area contributed by atoms with E-state index in [1.165, 1.54) is 30.3 Å². The van der Waals surface area contributed by atoms with Crippen molar-refractivity contribution in [1.29, 1.82) is 0 Å². The number of carbonyl (C=O) groups excluding carboxylic acids is 1. The largest absolute Gasteiger partial charge is 0.497 e. The molecule has 0 saturated heterocycles. The van der Waals surface area contributed by atoms with Gasteiger partial charge in [0, 0.05) is 5.02 Å². The molecule has 6 nitrogen and oxygen atoms in total. The maximum atomic E-state index is 12.9. The molecule has 0 aliphatic heterocycles. The molecule has 3 aromatic carbocycles. The smallest absolute Gasteiger partial charge is 0.261 e. The zero-order valence-electron chi connectivity index (χ0n) is 16.4. The summed E-state index contributed by atoms with van der Waals surface area (Å²) in [4.78, 5) is 13.0. The topological polar surface area (TPSA) is 84.5 Å². The number of hydrogen-bond donors (Lipinski definition) is 2. The Labute approximate surface area is 180 Å². The summed E-state index contributed by atoms with van der Waals surface area (Å²) in [6.45, 7) is 1.83. The zero-order valence-corrected chi connectivity index (χ0v) is 18.0. The van der Waals surface area contributed by atoms with Gasteiger partial charge in [0.05, 0.1) is 29.3 Å². The minimum Gasteiger partial charge on any atom is -0.497 e. The van der Waals surface area contributed by atoms with Crippen LogP contribution in [0.1, 0.15) is 28.9 Å². The van der Waals surface area contributed by atoms with E-state index in [0.717, 1.165) is 5.56 Å². The fourth-order valence-corrected chi connectivity index (χ4v) is 4.12. The number of amides is 1. The molecule has 0 heterocycles. The molecule has 8 heteroatoms. The lowest BCUT2D eigenvalue weighted by Gasteiger charge is -2.17. The van der Waals surface area contributed by atoms with Crippen LogP contribution in [0, 0.1) is 0 Å². The molecule has 0 aromatic heterocycles. The number of nitrogens with one attached hydrogen (secondary N) is 2. The Morgan fingerprint density at radius 2 is 1.67 bits per heavy atom. The van der Waals surface area contributed by atoms with Crippen LogP contribution in [0.5, 0.6) is 5.75 Å². The van der Waals surface area contributed by atoms with Crippen LogP contribution in [0.3, 0.4) is 0 Å². The molecule has 0 saturated carbocycles. The van der Waals surface area contributed by atoms with E-state index in [1.54, 1.807) is 37.4 Å². The number of benzene rings is 3. The number of sulfonamides is 1. The highest BCUT2D eigenvalue weighted by Crippen LogP contribution is 2.25. The summed E-state index contributed by atoms with van der Waals surface area (Å²) in [5, 5.41) is 3.19. The Hall–Kier alpha value is -3.03. The Morgan fingerprint density at radius 1 is 1.00 bits per heavy atom. The van der Waals surface area contributed by atoms with Gasteiger partial charge in [-0.25, -0.2) is 8.42 Å². The van der Waals surface area contributed by atoms with Gasteiger partial charge in [0.1, 0.15) is 5.75 Å². The van der Waals surface area contributed by atoms with Crippen molar-refractivity contribution in [3.8, 4) is 5.75 Å². The number of methoxy groups -OCH3 is 1. The maximum Gasteiger partial charge on any atom is 0.261 e. The van der Waals surface area contributed by atoms with Crippen LogP contribution in [0.4, 0.5) is 5.69 Å². The SMILES string of the molecule is COc1ccc(C(C)NC(=O)c2cc(Cl)ccc2NS(=O)(=O)c2ccccc2)cc1. The van der Waals surface area contributed by atoms with Gasteiger partial charge in [0.15, 0.2) is 0 Å². The normalized spacial score (nSPS) is 12.1. The molecule has 0 fully saturated rings. The minimum atomic E-state index is -3.86.